The van der Waals surface area contributed by atoms with Gasteiger partial charge in [0.2, 0.25) is 5.84 Å². The van der Waals surface area contributed by atoms with E-state index in [1.165, 1.54) is 24.3 Å². The highest BCUT2D eigenvalue weighted by Gasteiger charge is 2.39. The van der Waals surface area contributed by atoms with Gasteiger partial charge in [-0.15, -0.1) is 0 Å². The number of nitrogens with zero attached hydrogens (tertiary/aromatic N) is 1. The van der Waals surface area contributed by atoms with Crippen LogP contribution in [0.2, 0.25) is 0 Å². The number of aliphatic imine (C=N–C) groups is 1. The molecule has 21 heavy (non-hydrogen) atoms. The summed E-state index contributed by atoms with van der Waals surface area (Å²) in [6.07, 6.45) is -2.11. The molecule has 0 amide bonds. The number of sulfonamides is 1. The normalized spacial score (nSPS) is 18.0. The van der Waals surface area contributed by atoms with E-state index >= 15 is 0 Å². The Bertz CT molecular complexity index is 606. The standard InChI is InChI=1S/C13H15F3N2O2S/c14-13(15,16)12(17-10-6-4-5-7-10)18-21(19,20)11-8-2-1-3-9-11/h1-3,8-10H,4-7H2,(H,17,18). The largest absolute Gasteiger partial charge is 0.449 e. The minimum atomic E-state index is -4.83. The maximum absolute atomic E-state index is 13.0. The van der Waals surface area contributed by atoms with Crippen molar-refractivity contribution in [3.8, 4) is 0 Å². The van der Waals surface area contributed by atoms with Gasteiger partial charge in [-0.1, -0.05) is 31.0 Å². The van der Waals surface area contributed by atoms with Gasteiger partial charge in [0.15, 0.2) is 0 Å². The van der Waals surface area contributed by atoms with Crippen LogP contribution < -0.4 is 4.72 Å². The van der Waals surface area contributed by atoms with Crippen molar-refractivity contribution in [2.45, 2.75) is 42.8 Å². The molecule has 8 heteroatoms. The van der Waals surface area contributed by atoms with Crippen molar-refractivity contribution in [2.24, 2.45) is 4.99 Å². The topological polar surface area (TPSA) is 58.5 Å². The summed E-state index contributed by atoms with van der Waals surface area (Å²) in [7, 11) is -4.29. The monoisotopic (exact) mass is 320 g/mol. The Morgan fingerprint density at radius 2 is 1.71 bits per heavy atom. The van der Waals surface area contributed by atoms with E-state index in [-0.39, 0.29) is 4.90 Å². The smallest absolute Gasteiger partial charge is 0.260 e. The summed E-state index contributed by atoms with van der Waals surface area (Å²) in [6, 6.07) is 6.44. The highest BCUT2D eigenvalue weighted by molar-refractivity contribution is 7.90. The van der Waals surface area contributed by atoms with Crippen LogP contribution in [-0.2, 0) is 10.0 Å². The summed E-state index contributed by atoms with van der Waals surface area (Å²) in [6.45, 7) is 0. The van der Waals surface area contributed by atoms with E-state index in [0.29, 0.717) is 12.8 Å². The van der Waals surface area contributed by atoms with Gasteiger partial charge in [0.05, 0.1) is 10.9 Å². The SMILES string of the molecule is O=S(=O)(NC(=NC1CCCC1)C(F)(F)F)c1ccccc1. The second kappa shape index (κ2) is 6.05. The molecule has 0 bridgehead atoms. The van der Waals surface area contributed by atoms with Crippen LogP contribution in [-0.4, -0.2) is 26.5 Å². The van der Waals surface area contributed by atoms with Crippen molar-refractivity contribution in [1.82, 2.24) is 4.72 Å². The third-order valence-electron chi connectivity index (χ3n) is 3.19. The quantitative estimate of drug-likeness (QED) is 0.688. The predicted octanol–water partition coefficient (Wildman–Crippen LogP) is 2.87. The van der Waals surface area contributed by atoms with Gasteiger partial charge in [0, 0.05) is 0 Å². The van der Waals surface area contributed by atoms with E-state index in [0.717, 1.165) is 12.8 Å². The molecule has 1 aliphatic carbocycles. The highest BCUT2D eigenvalue weighted by Crippen LogP contribution is 2.25. The summed E-state index contributed by atoms with van der Waals surface area (Å²) >= 11 is 0. The van der Waals surface area contributed by atoms with Crippen molar-refractivity contribution < 1.29 is 21.6 Å². The molecule has 0 spiro atoms. The lowest BCUT2D eigenvalue weighted by molar-refractivity contribution is -0.0611. The van der Waals surface area contributed by atoms with Crippen LogP contribution in [0.5, 0.6) is 0 Å². The van der Waals surface area contributed by atoms with E-state index in [9.17, 15) is 21.6 Å². The van der Waals surface area contributed by atoms with Crippen molar-refractivity contribution >= 4 is 15.9 Å². The fraction of sp³-hybridized carbons (Fsp3) is 0.462. The fourth-order valence-corrected chi connectivity index (χ4v) is 3.22. The maximum Gasteiger partial charge on any atom is 0.449 e. The van der Waals surface area contributed by atoms with Gasteiger partial charge < -0.3 is 0 Å². The van der Waals surface area contributed by atoms with Gasteiger partial charge in [-0.05, 0) is 25.0 Å². The minimum absolute atomic E-state index is 0.228. The highest BCUT2D eigenvalue weighted by atomic mass is 32.2. The van der Waals surface area contributed by atoms with Gasteiger partial charge in [0.1, 0.15) is 0 Å². The maximum atomic E-state index is 13.0. The second-order valence-electron chi connectivity index (χ2n) is 4.83. The number of hydrogen-bond donors (Lipinski definition) is 1. The molecular weight excluding hydrogens is 305 g/mol. The first-order chi connectivity index (χ1) is 9.79. The number of benzene rings is 1. The number of alkyl halides is 3. The molecule has 0 aliphatic heterocycles. The van der Waals surface area contributed by atoms with Gasteiger partial charge in [-0.25, -0.2) is 8.42 Å². The molecule has 0 radical (unpaired) electrons. The molecule has 0 saturated heterocycles. The molecule has 1 fully saturated rings. The summed E-state index contributed by atoms with van der Waals surface area (Å²) < 4.78 is 64.4. The average Bonchev–Trinajstić information content (AvgIpc) is 2.91. The van der Waals surface area contributed by atoms with Crippen LogP contribution in [0.3, 0.4) is 0 Å². The molecule has 0 aromatic heterocycles. The molecule has 0 unspecified atom stereocenters. The summed E-state index contributed by atoms with van der Waals surface area (Å²) in [5.41, 5.74) is 0. The van der Waals surface area contributed by atoms with Gasteiger partial charge in [0.25, 0.3) is 10.0 Å². The van der Waals surface area contributed by atoms with E-state index < -0.39 is 28.1 Å². The molecule has 1 aliphatic rings. The predicted molar refractivity (Wildman–Crippen MR) is 72.5 cm³/mol. The Morgan fingerprint density at radius 3 is 2.24 bits per heavy atom. The lowest BCUT2D eigenvalue weighted by Gasteiger charge is -2.15. The average molecular weight is 320 g/mol. The number of hydrogen-bond acceptors (Lipinski definition) is 3. The third-order valence-corrected chi connectivity index (χ3v) is 4.54. The lowest BCUT2D eigenvalue weighted by Crippen LogP contribution is -2.41. The zero-order valence-electron chi connectivity index (χ0n) is 11.1. The van der Waals surface area contributed by atoms with Crippen molar-refractivity contribution in [3.63, 3.8) is 0 Å². The summed E-state index contributed by atoms with van der Waals surface area (Å²) in [4.78, 5) is 3.33. The number of nitrogens with one attached hydrogen (secondary N) is 1. The molecule has 1 aromatic carbocycles. The molecule has 1 saturated carbocycles. The fourth-order valence-electron chi connectivity index (χ4n) is 2.16. The number of amidine groups is 1. The zero-order chi connectivity index (χ0) is 15.5. The van der Waals surface area contributed by atoms with Crippen LogP contribution >= 0.6 is 0 Å². The Morgan fingerprint density at radius 1 is 1.14 bits per heavy atom. The molecule has 116 valence electrons. The molecular formula is C13H15F3N2O2S. The Balaban J connectivity index is 2.27. The Labute approximate surface area is 121 Å². The van der Waals surface area contributed by atoms with Gasteiger partial charge in [-0.2, -0.15) is 13.2 Å². The Hall–Kier alpha value is -1.57. The first-order valence-corrected chi connectivity index (χ1v) is 8.00. The minimum Gasteiger partial charge on any atom is -0.260 e. The second-order valence-corrected chi connectivity index (χ2v) is 6.51. The van der Waals surface area contributed by atoms with Crippen LogP contribution in [0, 0.1) is 0 Å². The summed E-state index contributed by atoms with van der Waals surface area (Å²) in [5.74, 6) is -1.45. The van der Waals surface area contributed by atoms with Crippen LogP contribution in [0.25, 0.3) is 0 Å². The molecule has 1 N–H and O–H groups in total. The third kappa shape index (κ3) is 4.20. The van der Waals surface area contributed by atoms with Crippen LogP contribution in [0.4, 0.5) is 13.2 Å². The first-order valence-electron chi connectivity index (χ1n) is 6.52. The van der Waals surface area contributed by atoms with Gasteiger partial charge >= 0.3 is 6.18 Å². The van der Waals surface area contributed by atoms with Gasteiger partial charge in [-0.3, -0.25) is 9.71 Å². The molecule has 0 atom stereocenters. The Kier molecular flexibility index (Phi) is 4.55. The van der Waals surface area contributed by atoms with Crippen molar-refractivity contribution in [2.75, 3.05) is 0 Å². The molecule has 4 nitrogen and oxygen atoms in total. The van der Waals surface area contributed by atoms with E-state index in [2.05, 4.69) is 4.99 Å². The van der Waals surface area contributed by atoms with E-state index in [4.69, 9.17) is 0 Å². The molecule has 2 rings (SSSR count). The first kappa shape index (κ1) is 15.8. The molecule has 0 heterocycles. The van der Waals surface area contributed by atoms with E-state index in [1.54, 1.807) is 10.8 Å². The van der Waals surface area contributed by atoms with Crippen molar-refractivity contribution in [1.29, 1.82) is 0 Å². The zero-order valence-corrected chi connectivity index (χ0v) is 11.9. The number of halogens is 3. The van der Waals surface area contributed by atoms with Crippen LogP contribution in [0.1, 0.15) is 25.7 Å². The van der Waals surface area contributed by atoms with Crippen molar-refractivity contribution in [3.05, 3.63) is 30.3 Å². The number of rotatable bonds is 3. The lowest BCUT2D eigenvalue weighted by atomic mass is 10.3. The molecule has 1 aromatic rings. The summed E-state index contributed by atoms with van der Waals surface area (Å²) in [5, 5.41) is 0. The van der Waals surface area contributed by atoms with Crippen LogP contribution in [0.15, 0.2) is 40.2 Å². The van der Waals surface area contributed by atoms with E-state index in [1.807, 2.05) is 0 Å².